The zero-order valence-corrected chi connectivity index (χ0v) is 13.2. The molecule has 1 aromatic heterocycles. The number of hydrogen-bond donors (Lipinski definition) is 1. The predicted octanol–water partition coefficient (Wildman–Crippen LogP) is 3.10. The Morgan fingerprint density at radius 2 is 2.19 bits per heavy atom. The number of benzene rings is 1. The van der Waals surface area contributed by atoms with E-state index in [1.807, 2.05) is 24.0 Å². The molecule has 1 heterocycles. The molecule has 1 N–H and O–H groups in total. The van der Waals surface area contributed by atoms with Crippen molar-refractivity contribution in [2.45, 2.75) is 32.7 Å². The third-order valence-electron chi connectivity index (χ3n) is 3.38. The molecule has 0 saturated carbocycles. The summed E-state index contributed by atoms with van der Waals surface area (Å²) in [6.45, 7) is 5.95. The first-order valence-electron chi connectivity index (χ1n) is 7.66. The fraction of sp³-hybridized carbons (Fsp3) is 0.471. The van der Waals surface area contributed by atoms with Gasteiger partial charge in [-0.25, -0.2) is 0 Å². The summed E-state index contributed by atoms with van der Waals surface area (Å²) in [5, 5.41) is 7.79. The van der Waals surface area contributed by atoms with Crippen LogP contribution in [0.25, 0.3) is 0 Å². The molecular weight excluding hydrogens is 262 g/mol. The Kier molecular flexibility index (Phi) is 5.81. The molecule has 0 aliphatic rings. The Balaban J connectivity index is 2.13. The van der Waals surface area contributed by atoms with Crippen LogP contribution in [-0.2, 0) is 13.5 Å². The van der Waals surface area contributed by atoms with Crippen molar-refractivity contribution in [3.63, 3.8) is 0 Å². The van der Waals surface area contributed by atoms with Crippen LogP contribution in [0, 0.1) is 0 Å². The number of rotatable bonds is 8. The molecule has 4 heteroatoms. The maximum atomic E-state index is 5.73. The van der Waals surface area contributed by atoms with Crippen LogP contribution in [0.4, 0.5) is 0 Å². The van der Waals surface area contributed by atoms with Gasteiger partial charge >= 0.3 is 0 Å². The van der Waals surface area contributed by atoms with Gasteiger partial charge in [0.2, 0.25) is 0 Å². The topological polar surface area (TPSA) is 39.1 Å². The Labute approximate surface area is 127 Å². The molecule has 0 saturated heterocycles. The van der Waals surface area contributed by atoms with Crippen molar-refractivity contribution in [2.75, 3.05) is 13.2 Å². The average molecular weight is 287 g/mol. The van der Waals surface area contributed by atoms with Crippen molar-refractivity contribution < 1.29 is 4.74 Å². The fourth-order valence-corrected chi connectivity index (χ4v) is 2.41. The van der Waals surface area contributed by atoms with E-state index < -0.39 is 0 Å². The van der Waals surface area contributed by atoms with E-state index in [9.17, 15) is 0 Å². The smallest absolute Gasteiger partial charge is 0.119 e. The lowest BCUT2D eigenvalue weighted by Crippen LogP contribution is -2.22. The Bertz CT molecular complexity index is 550. The molecule has 4 nitrogen and oxygen atoms in total. The number of nitrogens with zero attached hydrogens (tertiary/aromatic N) is 2. The Hall–Kier alpha value is -1.81. The molecule has 0 spiro atoms. The fourth-order valence-electron chi connectivity index (χ4n) is 2.41. The molecule has 0 radical (unpaired) electrons. The van der Waals surface area contributed by atoms with E-state index >= 15 is 0 Å². The highest BCUT2D eigenvalue weighted by atomic mass is 16.5. The molecule has 114 valence electrons. The first-order chi connectivity index (χ1) is 10.2. The van der Waals surface area contributed by atoms with Gasteiger partial charge in [-0.3, -0.25) is 4.68 Å². The summed E-state index contributed by atoms with van der Waals surface area (Å²) >= 11 is 0. The van der Waals surface area contributed by atoms with Gasteiger partial charge in [0.25, 0.3) is 0 Å². The summed E-state index contributed by atoms with van der Waals surface area (Å²) in [4.78, 5) is 0. The maximum Gasteiger partial charge on any atom is 0.119 e. The van der Waals surface area contributed by atoms with Crippen LogP contribution in [-0.4, -0.2) is 22.9 Å². The second-order valence-electron chi connectivity index (χ2n) is 5.26. The highest BCUT2D eigenvalue weighted by Crippen LogP contribution is 2.22. The van der Waals surface area contributed by atoms with Gasteiger partial charge in [0.05, 0.1) is 12.8 Å². The van der Waals surface area contributed by atoms with Gasteiger partial charge in [-0.15, -0.1) is 0 Å². The normalized spacial score (nSPS) is 12.3. The van der Waals surface area contributed by atoms with E-state index in [-0.39, 0.29) is 6.04 Å². The van der Waals surface area contributed by atoms with E-state index in [2.05, 4.69) is 48.7 Å². The largest absolute Gasteiger partial charge is 0.494 e. The highest BCUT2D eigenvalue weighted by Gasteiger charge is 2.13. The number of ether oxygens (including phenoxy) is 1. The summed E-state index contributed by atoms with van der Waals surface area (Å²) in [6.07, 6.45) is 5.96. The summed E-state index contributed by atoms with van der Waals surface area (Å²) in [6, 6.07) is 8.66. The predicted molar refractivity (Wildman–Crippen MR) is 85.6 cm³/mol. The van der Waals surface area contributed by atoms with Crippen LogP contribution in [0.5, 0.6) is 5.75 Å². The van der Waals surface area contributed by atoms with Crippen molar-refractivity contribution in [1.29, 1.82) is 0 Å². The molecule has 2 rings (SSSR count). The molecular formula is C17H25N3O. The second kappa shape index (κ2) is 7.84. The van der Waals surface area contributed by atoms with Gasteiger partial charge in [0.15, 0.2) is 0 Å². The first-order valence-corrected chi connectivity index (χ1v) is 7.66. The highest BCUT2D eigenvalue weighted by molar-refractivity contribution is 5.31. The van der Waals surface area contributed by atoms with Gasteiger partial charge in [-0.2, -0.15) is 5.10 Å². The van der Waals surface area contributed by atoms with Gasteiger partial charge in [-0.05, 0) is 42.6 Å². The van der Waals surface area contributed by atoms with Gasteiger partial charge in [0.1, 0.15) is 5.75 Å². The second-order valence-corrected chi connectivity index (χ2v) is 5.26. The summed E-state index contributed by atoms with van der Waals surface area (Å²) < 4.78 is 7.58. The van der Waals surface area contributed by atoms with Crippen molar-refractivity contribution in [3.8, 4) is 5.75 Å². The summed E-state index contributed by atoms with van der Waals surface area (Å²) in [5.41, 5.74) is 2.50. The van der Waals surface area contributed by atoms with Gasteiger partial charge < -0.3 is 10.1 Å². The van der Waals surface area contributed by atoms with Crippen LogP contribution < -0.4 is 10.1 Å². The number of nitrogens with one attached hydrogen (secondary N) is 1. The molecule has 0 aliphatic carbocycles. The monoisotopic (exact) mass is 287 g/mol. The molecule has 1 unspecified atom stereocenters. The SMILES string of the molecule is CCCOc1cccc(C(Cc2cnn(C)c2)NCC)c1. The van der Waals surface area contributed by atoms with Crippen LogP contribution in [0.15, 0.2) is 36.7 Å². The van der Waals surface area contributed by atoms with Gasteiger partial charge in [-0.1, -0.05) is 26.0 Å². The minimum Gasteiger partial charge on any atom is -0.494 e. The number of aromatic nitrogens is 2. The minimum atomic E-state index is 0.282. The zero-order chi connectivity index (χ0) is 15.1. The Morgan fingerprint density at radius 3 is 2.86 bits per heavy atom. The molecule has 0 amide bonds. The summed E-state index contributed by atoms with van der Waals surface area (Å²) in [5.74, 6) is 0.948. The van der Waals surface area contributed by atoms with E-state index in [0.29, 0.717) is 0 Å². The van der Waals surface area contributed by atoms with E-state index in [1.54, 1.807) is 0 Å². The number of aryl methyl sites for hydroxylation is 1. The lowest BCUT2D eigenvalue weighted by molar-refractivity contribution is 0.316. The third-order valence-corrected chi connectivity index (χ3v) is 3.38. The molecule has 0 fully saturated rings. The van der Waals surface area contributed by atoms with E-state index in [1.165, 1.54) is 11.1 Å². The average Bonchev–Trinajstić information content (AvgIpc) is 2.90. The molecule has 0 bridgehead atoms. The Morgan fingerprint density at radius 1 is 1.33 bits per heavy atom. The minimum absolute atomic E-state index is 0.282. The number of hydrogen-bond acceptors (Lipinski definition) is 3. The van der Waals surface area contributed by atoms with Crippen LogP contribution in [0.2, 0.25) is 0 Å². The molecule has 1 atom stereocenters. The van der Waals surface area contributed by atoms with Crippen molar-refractivity contribution in [2.24, 2.45) is 7.05 Å². The van der Waals surface area contributed by atoms with E-state index in [0.717, 1.165) is 31.7 Å². The number of likely N-dealkylation sites (N-methyl/N-ethyl adjacent to an activating group) is 1. The van der Waals surface area contributed by atoms with Crippen LogP contribution in [0.3, 0.4) is 0 Å². The maximum absolute atomic E-state index is 5.73. The molecule has 1 aromatic carbocycles. The standard InChI is InChI=1S/C17H25N3O/c1-4-9-21-16-8-6-7-15(11-16)17(18-5-2)10-14-12-19-20(3)13-14/h6-8,11-13,17-18H,4-5,9-10H2,1-3H3. The third kappa shape index (κ3) is 4.60. The molecule has 21 heavy (non-hydrogen) atoms. The van der Waals surface area contributed by atoms with Crippen LogP contribution in [0.1, 0.15) is 37.4 Å². The first kappa shape index (κ1) is 15.6. The molecule has 0 aliphatic heterocycles. The zero-order valence-electron chi connectivity index (χ0n) is 13.2. The quantitative estimate of drug-likeness (QED) is 0.811. The van der Waals surface area contributed by atoms with Gasteiger partial charge in [0, 0.05) is 19.3 Å². The summed E-state index contributed by atoms with van der Waals surface area (Å²) in [7, 11) is 1.95. The van der Waals surface area contributed by atoms with Crippen molar-refractivity contribution in [3.05, 3.63) is 47.8 Å². The lowest BCUT2D eigenvalue weighted by Gasteiger charge is -2.18. The molecule has 2 aromatic rings. The lowest BCUT2D eigenvalue weighted by atomic mass is 10.0. The van der Waals surface area contributed by atoms with Crippen molar-refractivity contribution in [1.82, 2.24) is 15.1 Å². The van der Waals surface area contributed by atoms with Crippen molar-refractivity contribution >= 4 is 0 Å². The van der Waals surface area contributed by atoms with Crippen LogP contribution >= 0.6 is 0 Å². The van der Waals surface area contributed by atoms with E-state index in [4.69, 9.17) is 4.74 Å².